The quantitative estimate of drug-likeness (QED) is 0.757. The Balaban J connectivity index is 2.00. The molecule has 0 atom stereocenters. The first-order valence-electron chi connectivity index (χ1n) is 7.39. The Morgan fingerprint density at radius 1 is 1.11 bits per heavy atom. The summed E-state index contributed by atoms with van der Waals surface area (Å²) in [6, 6.07) is 0. The fourth-order valence-electron chi connectivity index (χ4n) is 2.62. The highest BCUT2D eigenvalue weighted by Crippen LogP contribution is 2.34. The monoisotopic (exact) mass is 280 g/mol. The van der Waals surface area contributed by atoms with Crippen LogP contribution in [0.25, 0.3) is 0 Å². The van der Waals surface area contributed by atoms with Gasteiger partial charge in [0.25, 0.3) is 0 Å². The lowest BCUT2D eigenvalue weighted by atomic mass is 9.92. The van der Waals surface area contributed by atoms with Crippen molar-refractivity contribution in [1.82, 2.24) is 9.88 Å². The highest BCUT2D eigenvalue weighted by Gasteiger charge is 2.29. The molecule has 0 N–H and O–H groups in total. The predicted octanol–water partition coefficient (Wildman–Crippen LogP) is 4.42. The van der Waals surface area contributed by atoms with Gasteiger partial charge < -0.3 is 0 Å². The molecule has 1 saturated heterocycles. The fourth-order valence-corrected chi connectivity index (χ4v) is 3.83. The van der Waals surface area contributed by atoms with Crippen molar-refractivity contribution in [2.24, 2.45) is 0 Å². The summed E-state index contributed by atoms with van der Waals surface area (Å²) in [6.45, 7) is 16.1. The van der Waals surface area contributed by atoms with E-state index in [1.54, 1.807) is 0 Å². The van der Waals surface area contributed by atoms with E-state index in [1.165, 1.54) is 36.6 Å². The van der Waals surface area contributed by atoms with E-state index in [2.05, 4.69) is 51.8 Å². The van der Waals surface area contributed by atoms with Crippen molar-refractivity contribution < 1.29 is 0 Å². The van der Waals surface area contributed by atoms with Crippen molar-refractivity contribution in [3.63, 3.8) is 0 Å². The molecule has 2 nitrogen and oxygen atoms in total. The normalized spacial score (nSPS) is 19.9. The van der Waals surface area contributed by atoms with Crippen LogP contribution >= 0.6 is 11.3 Å². The molecule has 0 bridgehead atoms. The molecule has 0 unspecified atom stereocenters. The Hall–Kier alpha value is -0.410. The maximum absolute atomic E-state index is 4.89. The summed E-state index contributed by atoms with van der Waals surface area (Å²) >= 11 is 1.86. The van der Waals surface area contributed by atoms with Gasteiger partial charge in [-0.2, -0.15) is 0 Å². The molecular weight excluding hydrogens is 252 g/mol. The van der Waals surface area contributed by atoms with Crippen LogP contribution in [0.2, 0.25) is 0 Å². The maximum Gasteiger partial charge on any atom is 0.0960 e. The Kier molecular flexibility index (Phi) is 4.08. The molecule has 19 heavy (non-hydrogen) atoms. The van der Waals surface area contributed by atoms with Gasteiger partial charge in [-0.05, 0) is 46.7 Å². The maximum atomic E-state index is 4.89. The van der Waals surface area contributed by atoms with Crippen molar-refractivity contribution in [2.75, 3.05) is 13.1 Å². The second-order valence-electron chi connectivity index (χ2n) is 7.75. The van der Waals surface area contributed by atoms with Gasteiger partial charge in [-0.3, -0.25) is 4.90 Å². The standard InChI is InChI=1S/C16H28N2S/c1-15(2,3)13-11-19-14(17-13)12-7-9-18(10-8-12)16(4,5)6/h11-12H,7-10H2,1-6H3. The van der Waals surface area contributed by atoms with E-state index in [-0.39, 0.29) is 5.41 Å². The lowest BCUT2D eigenvalue weighted by Crippen LogP contribution is -2.45. The Labute approximate surface area is 122 Å². The van der Waals surface area contributed by atoms with E-state index in [1.807, 2.05) is 11.3 Å². The number of likely N-dealkylation sites (tertiary alicyclic amines) is 1. The molecule has 0 amide bonds. The van der Waals surface area contributed by atoms with Gasteiger partial charge in [0.05, 0.1) is 10.7 Å². The minimum Gasteiger partial charge on any atom is -0.298 e. The van der Waals surface area contributed by atoms with Crippen molar-refractivity contribution in [1.29, 1.82) is 0 Å². The molecule has 3 heteroatoms. The van der Waals surface area contributed by atoms with E-state index in [0.29, 0.717) is 11.5 Å². The zero-order valence-electron chi connectivity index (χ0n) is 13.3. The number of hydrogen-bond acceptors (Lipinski definition) is 3. The molecule has 1 aromatic rings. The summed E-state index contributed by atoms with van der Waals surface area (Å²) < 4.78 is 0. The zero-order chi connectivity index (χ0) is 14.3. The van der Waals surface area contributed by atoms with Crippen LogP contribution in [0, 0.1) is 0 Å². The second kappa shape index (κ2) is 5.17. The summed E-state index contributed by atoms with van der Waals surface area (Å²) in [5.41, 5.74) is 1.75. The van der Waals surface area contributed by atoms with Crippen molar-refractivity contribution in [3.05, 3.63) is 16.1 Å². The van der Waals surface area contributed by atoms with Crippen LogP contribution < -0.4 is 0 Å². The van der Waals surface area contributed by atoms with Gasteiger partial charge >= 0.3 is 0 Å². The van der Waals surface area contributed by atoms with Gasteiger partial charge in [-0.1, -0.05) is 20.8 Å². The molecule has 0 aliphatic carbocycles. The molecule has 1 aromatic heterocycles. The first-order chi connectivity index (χ1) is 8.68. The number of rotatable bonds is 1. The molecule has 1 aliphatic rings. The summed E-state index contributed by atoms with van der Waals surface area (Å²) in [4.78, 5) is 7.49. The van der Waals surface area contributed by atoms with Crippen LogP contribution in [0.15, 0.2) is 5.38 Å². The van der Waals surface area contributed by atoms with Crippen LogP contribution in [0.3, 0.4) is 0 Å². The fraction of sp³-hybridized carbons (Fsp3) is 0.812. The Morgan fingerprint density at radius 3 is 2.11 bits per heavy atom. The molecule has 0 spiro atoms. The van der Waals surface area contributed by atoms with Gasteiger partial charge in [-0.15, -0.1) is 11.3 Å². The third kappa shape index (κ3) is 3.57. The van der Waals surface area contributed by atoms with E-state index in [4.69, 9.17) is 4.98 Å². The van der Waals surface area contributed by atoms with Gasteiger partial charge in [0.15, 0.2) is 0 Å². The third-order valence-electron chi connectivity index (χ3n) is 4.08. The summed E-state index contributed by atoms with van der Waals surface area (Å²) in [5.74, 6) is 0.680. The van der Waals surface area contributed by atoms with Crippen molar-refractivity contribution in [3.8, 4) is 0 Å². The van der Waals surface area contributed by atoms with Crippen molar-refractivity contribution in [2.45, 2.75) is 71.3 Å². The minimum atomic E-state index is 0.181. The summed E-state index contributed by atoms with van der Waals surface area (Å²) in [6.07, 6.45) is 2.52. The highest BCUT2D eigenvalue weighted by molar-refractivity contribution is 7.09. The number of nitrogens with zero attached hydrogens (tertiary/aromatic N) is 2. The minimum absolute atomic E-state index is 0.181. The Morgan fingerprint density at radius 2 is 1.68 bits per heavy atom. The first kappa shape index (κ1) is 15.0. The zero-order valence-corrected chi connectivity index (χ0v) is 14.1. The first-order valence-corrected chi connectivity index (χ1v) is 8.27. The topological polar surface area (TPSA) is 16.1 Å². The second-order valence-corrected chi connectivity index (χ2v) is 8.64. The Bertz CT molecular complexity index is 415. The molecular formula is C16H28N2S. The molecule has 0 radical (unpaired) electrons. The predicted molar refractivity (Wildman–Crippen MR) is 84.1 cm³/mol. The smallest absolute Gasteiger partial charge is 0.0960 e. The molecule has 1 fully saturated rings. The summed E-state index contributed by atoms with van der Waals surface area (Å²) in [5, 5.41) is 3.62. The SMILES string of the molecule is CC(C)(C)c1csc(C2CCN(C(C)(C)C)CC2)n1. The molecule has 108 valence electrons. The van der Waals surface area contributed by atoms with E-state index < -0.39 is 0 Å². The average molecular weight is 280 g/mol. The van der Waals surface area contributed by atoms with Crippen LogP contribution in [0.5, 0.6) is 0 Å². The number of aromatic nitrogens is 1. The average Bonchev–Trinajstić information content (AvgIpc) is 2.77. The lowest BCUT2D eigenvalue weighted by Gasteiger charge is -2.40. The molecule has 1 aliphatic heterocycles. The van der Waals surface area contributed by atoms with Crippen LogP contribution in [0.1, 0.15) is 71.0 Å². The molecule has 2 heterocycles. The van der Waals surface area contributed by atoms with Crippen molar-refractivity contribution >= 4 is 11.3 Å². The number of hydrogen-bond donors (Lipinski definition) is 0. The third-order valence-corrected chi connectivity index (χ3v) is 5.09. The lowest BCUT2D eigenvalue weighted by molar-refractivity contribution is 0.102. The van der Waals surface area contributed by atoms with Gasteiger partial charge in [0.1, 0.15) is 0 Å². The largest absolute Gasteiger partial charge is 0.298 e. The van der Waals surface area contributed by atoms with E-state index in [9.17, 15) is 0 Å². The van der Waals surface area contributed by atoms with Gasteiger partial charge in [0, 0.05) is 22.3 Å². The molecule has 0 aromatic carbocycles. The van der Waals surface area contributed by atoms with Crippen LogP contribution in [-0.2, 0) is 5.41 Å². The number of piperidine rings is 1. The van der Waals surface area contributed by atoms with Crippen LogP contribution in [-0.4, -0.2) is 28.5 Å². The summed E-state index contributed by atoms with van der Waals surface area (Å²) in [7, 11) is 0. The van der Waals surface area contributed by atoms with Gasteiger partial charge in [-0.25, -0.2) is 4.98 Å². The van der Waals surface area contributed by atoms with Crippen LogP contribution in [0.4, 0.5) is 0 Å². The number of thiazole rings is 1. The molecule has 2 rings (SSSR count). The van der Waals surface area contributed by atoms with E-state index >= 15 is 0 Å². The van der Waals surface area contributed by atoms with E-state index in [0.717, 1.165) is 0 Å². The van der Waals surface area contributed by atoms with Gasteiger partial charge in [0.2, 0.25) is 0 Å². The molecule has 0 saturated carbocycles. The highest BCUT2D eigenvalue weighted by atomic mass is 32.1.